The smallest absolute Gasteiger partial charge is 0.320 e. The molecule has 2 aromatic carbocycles. The fourth-order valence-corrected chi connectivity index (χ4v) is 2.18. The molecule has 106 valence electrons. The summed E-state index contributed by atoms with van der Waals surface area (Å²) in [5.74, 6) is -0.276. The quantitative estimate of drug-likeness (QED) is 0.848. The van der Waals surface area contributed by atoms with Gasteiger partial charge in [-0.25, -0.2) is 0 Å². The zero-order valence-electron chi connectivity index (χ0n) is 11.5. The summed E-state index contributed by atoms with van der Waals surface area (Å²) < 4.78 is 5.73. The van der Waals surface area contributed by atoms with Crippen molar-refractivity contribution in [2.24, 2.45) is 5.73 Å². The van der Waals surface area contributed by atoms with Gasteiger partial charge in [0.15, 0.2) is 0 Å². The Morgan fingerprint density at radius 1 is 1.30 bits per heavy atom. The number of nitrogens with two attached hydrogens (primary N) is 1. The minimum absolute atomic E-state index is 0.260. The molecule has 0 radical (unpaired) electrons. The summed E-state index contributed by atoms with van der Waals surface area (Å²) in [5.41, 5.74) is 6.55. The molecule has 0 saturated heterocycles. The van der Waals surface area contributed by atoms with Crippen LogP contribution in [0.4, 0.5) is 0 Å². The number of hydrogen-bond acceptors (Lipinski definition) is 3. The van der Waals surface area contributed by atoms with Crippen molar-refractivity contribution in [3.8, 4) is 5.75 Å². The second kappa shape index (κ2) is 6.39. The topological polar surface area (TPSA) is 72.5 Å². The molecule has 20 heavy (non-hydrogen) atoms. The van der Waals surface area contributed by atoms with E-state index in [1.165, 1.54) is 0 Å². The van der Waals surface area contributed by atoms with Crippen molar-refractivity contribution in [1.82, 2.24) is 0 Å². The number of carboxylic acid groups (broad SMARTS) is 1. The van der Waals surface area contributed by atoms with Crippen LogP contribution in [-0.4, -0.2) is 23.7 Å². The lowest BCUT2D eigenvalue weighted by Crippen LogP contribution is -2.32. The molecule has 0 aliphatic carbocycles. The van der Waals surface area contributed by atoms with Crippen LogP contribution in [0.1, 0.15) is 18.9 Å². The minimum Gasteiger partial charge on any atom is -0.493 e. The van der Waals surface area contributed by atoms with Crippen LogP contribution < -0.4 is 10.5 Å². The number of ether oxygens (including phenoxy) is 1. The van der Waals surface area contributed by atoms with Gasteiger partial charge >= 0.3 is 5.97 Å². The number of rotatable bonds is 6. The van der Waals surface area contributed by atoms with Gasteiger partial charge in [-0.05, 0) is 23.3 Å². The first-order chi connectivity index (χ1) is 9.63. The Kier molecular flexibility index (Phi) is 4.58. The van der Waals surface area contributed by atoms with E-state index in [9.17, 15) is 4.79 Å². The van der Waals surface area contributed by atoms with Gasteiger partial charge in [-0.2, -0.15) is 0 Å². The standard InChI is InChI=1S/C16H19NO3/c1-2-9-20-15-8-7-11-5-3-4-6-12(11)13(15)10-14(17)16(18)19/h3-8,14H,2,9-10,17H2,1H3,(H,18,19). The Morgan fingerprint density at radius 3 is 2.75 bits per heavy atom. The van der Waals surface area contributed by atoms with E-state index in [2.05, 4.69) is 0 Å². The van der Waals surface area contributed by atoms with E-state index in [4.69, 9.17) is 15.6 Å². The number of carbonyl (C=O) groups is 1. The van der Waals surface area contributed by atoms with E-state index in [-0.39, 0.29) is 6.42 Å². The third-order valence-electron chi connectivity index (χ3n) is 3.20. The van der Waals surface area contributed by atoms with Gasteiger partial charge in [-0.1, -0.05) is 37.3 Å². The van der Waals surface area contributed by atoms with Crippen LogP contribution in [-0.2, 0) is 11.2 Å². The SMILES string of the molecule is CCCOc1ccc2ccccc2c1CC(N)C(=O)O. The van der Waals surface area contributed by atoms with Gasteiger partial charge < -0.3 is 15.6 Å². The molecule has 0 aromatic heterocycles. The maximum absolute atomic E-state index is 11.0. The Labute approximate surface area is 118 Å². The highest BCUT2D eigenvalue weighted by Crippen LogP contribution is 2.29. The normalized spacial score (nSPS) is 12.3. The molecular weight excluding hydrogens is 254 g/mol. The van der Waals surface area contributed by atoms with Crippen molar-refractivity contribution in [3.05, 3.63) is 42.0 Å². The van der Waals surface area contributed by atoms with Crippen LogP contribution in [0.5, 0.6) is 5.75 Å². The molecule has 3 N–H and O–H groups in total. The average Bonchev–Trinajstić information content (AvgIpc) is 2.46. The van der Waals surface area contributed by atoms with Crippen molar-refractivity contribution in [2.45, 2.75) is 25.8 Å². The van der Waals surface area contributed by atoms with Gasteiger partial charge in [0.1, 0.15) is 11.8 Å². The number of carboxylic acids is 1. The molecule has 1 atom stereocenters. The van der Waals surface area contributed by atoms with E-state index in [1.807, 2.05) is 43.3 Å². The molecule has 0 bridgehead atoms. The van der Waals surface area contributed by atoms with Crippen molar-refractivity contribution < 1.29 is 14.6 Å². The number of benzene rings is 2. The molecule has 0 spiro atoms. The lowest BCUT2D eigenvalue weighted by atomic mass is 9.98. The van der Waals surface area contributed by atoms with Gasteiger partial charge in [0.25, 0.3) is 0 Å². The lowest BCUT2D eigenvalue weighted by molar-refractivity contribution is -0.138. The molecule has 2 rings (SSSR count). The third-order valence-corrected chi connectivity index (χ3v) is 3.20. The van der Waals surface area contributed by atoms with Gasteiger partial charge in [-0.3, -0.25) is 4.79 Å². The molecule has 0 fully saturated rings. The molecular formula is C16H19NO3. The number of fused-ring (bicyclic) bond motifs is 1. The number of hydrogen-bond donors (Lipinski definition) is 2. The molecule has 1 unspecified atom stereocenters. The maximum Gasteiger partial charge on any atom is 0.320 e. The Hall–Kier alpha value is -2.07. The Morgan fingerprint density at radius 2 is 2.05 bits per heavy atom. The first kappa shape index (κ1) is 14.3. The van der Waals surface area contributed by atoms with Gasteiger partial charge in [0.2, 0.25) is 0 Å². The third kappa shape index (κ3) is 3.08. The van der Waals surface area contributed by atoms with Crippen molar-refractivity contribution in [2.75, 3.05) is 6.61 Å². The van der Waals surface area contributed by atoms with Crippen LogP contribution in [0.3, 0.4) is 0 Å². The van der Waals surface area contributed by atoms with Crippen LogP contribution in [0.15, 0.2) is 36.4 Å². The zero-order valence-corrected chi connectivity index (χ0v) is 11.5. The summed E-state index contributed by atoms with van der Waals surface area (Å²) in [7, 11) is 0. The molecule has 4 heteroatoms. The van der Waals surface area contributed by atoms with Crippen molar-refractivity contribution in [3.63, 3.8) is 0 Å². The largest absolute Gasteiger partial charge is 0.493 e. The monoisotopic (exact) mass is 273 g/mol. The Bertz CT molecular complexity index is 610. The minimum atomic E-state index is -1.00. The number of aliphatic carboxylic acids is 1. The molecule has 0 aliphatic heterocycles. The van der Waals surface area contributed by atoms with Crippen molar-refractivity contribution >= 4 is 16.7 Å². The molecule has 0 amide bonds. The fourth-order valence-electron chi connectivity index (χ4n) is 2.18. The molecule has 0 heterocycles. The Balaban J connectivity index is 2.46. The molecule has 4 nitrogen and oxygen atoms in total. The highest BCUT2D eigenvalue weighted by molar-refractivity contribution is 5.88. The summed E-state index contributed by atoms with van der Waals surface area (Å²) in [6.07, 6.45) is 1.16. The summed E-state index contributed by atoms with van der Waals surface area (Å²) in [4.78, 5) is 11.0. The van der Waals surface area contributed by atoms with E-state index < -0.39 is 12.0 Å². The van der Waals surface area contributed by atoms with Gasteiger partial charge in [0, 0.05) is 12.0 Å². The first-order valence-electron chi connectivity index (χ1n) is 6.75. The highest BCUT2D eigenvalue weighted by atomic mass is 16.5. The zero-order chi connectivity index (χ0) is 14.5. The second-order valence-corrected chi connectivity index (χ2v) is 4.76. The van der Waals surface area contributed by atoms with Crippen LogP contribution in [0.25, 0.3) is 10.8 Å². The predicted molar refractivity (Wildman–Crippen MR) is 79.0 cm³/mol. The fraction of sp³-hybridized carbons (Fsp3) is 0.312. The molecule has 2 aromatic rings. The predicted octanol–water partition coefficient (Wildman–Crippen LogP) is 2.58. The molecule has 0 aliphatic rings. The highest BCUT2D eigenvalue weighted by Gasteiger charge is 2.17. The summed E-state index contributed by atoms with van der Waals surface area (Å²) in [5, 5.41) is 11.1. The molecule has 0 saturated carbocycles. The second-order valence-electron chi connectivity index (χ2n) is 4.76. The van der Waals surface area contributed by atoms with E-state index >= 15 is 0 Å². The summed E-state index contributed by atoms with van der Waals surface area (Å²) in [6, 6.07) is 10.8. The summed E-state index contributed by atoms with van der Waals surface area (Å²) >= 11 is 0. The average molecular weight is 273 g/mol. The van der Waals surface area contributed by atoms with Crippen LogP contribution >= 0.6 is 0 Å². The van der Waals surface area contributed by atoms with Crippen molar-refractivity contribution in [1.29, 1.82) is 0 Å². The van der Waals surface area contributed by atoms with Crippen LogP contribution in [0, 0.1) is 0 Å². The van der Waals surface area contributed by atoms with Gasteiger partial charge in [-0.15, -0.1) is 0 Å². The maximum atomic E-state index is 11.0. The lowest BCUT2D eigenvalue weighted by Gasteiger charge is -2.15. The van der Waals surface area contributed by atoms with E-state index in [1.54, 1.807) is 0 Å². The summed E-state index contributed by atoms with van der Waals surface area (Å²) in [6.45, 7) is 2.64. The van der Waals surface area contributed by atoms with E-state index in [0.717, 1.165) is 28.5 Å². The van der Waals surface area contributed by atoms with E-state index in [0.29, 0.717) is 6.61 Å². The first-order valence-corrected chi connectivity index (χ1v) is 6.75. The van der Waals surface area contributed by atoms with Gasteiger partial charge in [0.05, 0.1) is 6.61 Å². The van der Waals surface area contributed by atoms with Crippen LogP contribution in [0.2, 0.25) is 0 Å².